The summed E-state index contributed by atoms with van der Waals surface area (Å²) in [4.78, 5) is 6.23. The van der Waals surface area contributed by atoms with E-state index in [1.807, 2.05) is 0 Å². The molecule has 1 fully saturated rings. The summed E-state index contributed by atoms with van der Waals surface area (Å²) >= 11 is 0. The second kappa shape index (κ2) is 6.85. The Morgan fingerprint density at radius 1 is 1.53 bits per heavy atom. The van der Waals surface area contributed by atoms with Crippen LogP contribution in [0.5, 0.6) is 0 Å². The van der Waals surface area contributed by atoms with Gasteiger partial charge in [-0.25, -0.2) is 4.98 Å². The van der Waals surface area contributed by atoms with Crippen molar-refractivity contribution < 1.29 is 4.39 Å². The Morgan fingerprint density at radius 2 is 2.37 bits per heavy atom. The first-order chi connectivity index (χ1) is 9.19. The van der Waals surface area contributed by atoms with Crippen molar-refractivity contribution in [3.63, 3.8) is 0 Å². The normalized spacial score (nSPS) is 22.2. The molecule has 106 valence electrons. The van der Waals surface area contributed by atoms with Gasteiger partial charge >= 0.3 is 0 Å². The molecule has 1 saturated heterocycles. The van der Waals surface area contributed by atoms with E-state index >= 15 is 0 Å². The summed E-state index contributed by atoms with van der Waals surface area (Å²) in [7, 11) is 0. The maximum atomic E-state index is 12.8. The Hall–Kier alpha value is -1.16. The number of rotatable bonds is 5. The zero-order valence-corrected chi connectivity index (χ0v) is 11.9. The number of likely N-dealkylation sites (tertiary alicyclic amines) is 1. The van der Waals surface area contributed by atoms with Gasteiger partial charge in [-0.15, -0.1) is 0 Å². The van der Waals surface area contributed by atoms with E-state index in [0.29, 0.717) is 12.0 Å². The standard InChI is InChI=1S/C15H24FN3/c1-3-8-19-9-4-5-13(11-19)12(2)18-14-6-7-15(16)17-10-14/h6-7,10,12-13,18H,3-5,8-9,11H2,1-2H3. The first-order valence-electron chi connectivity index (χ1n) is 7.29. The second-order valence-electron chi connectivity index (χ2n) is 5.51. The lowest BCUT2D eigenvalue weighted by Crippen LogP contribution is -2.42. The molecule has 0 radical (unpaired) electrons. The Kier molecular flexibility index (Phi) is 5.14. The molecule has 1 aliphatic rings. The van der Waals surface area contributed by atoms with E-state index in [1.54, 1.807) is 12.3 Å². The molecule has 2 heterocycles. The van der Waals surface area contributed by atoms with Crippen molar-refractivity contribution in [2.75, 3.05) is 25.0 Å². The summed E-state index contributed by atoms with van der Waals surface area (Å²) < 4.78 is 12.8. The molecule has 0 spiro atoms. The molecule has 0 amide bonds. The Bertz CT molecular complexity index is 377. The van der Waals surface area contributed by atoms with E-state index in [9.17, 15) is 4.39 Å². The largest absolute Gasteiger partial charge is 0.381 e. The molecule has 0 saturated carbocycles. The van der Waals surface area contributed by atoms with E-state index in [1.165, 1.54) is 38.4 Å². The molecule has 0 aliphatic carbocycles. The minimum absolute atomic E-state index is 0.395. The minimum atomic E-state index is -0.426. The first-order valence-corrected chi connectivity index (χ1v) is 7.29. The van der Waals surface area contributed by atoms with E-state index in [2.05, 4.69) is 29.0 Å². The molecule has 0 bridgehead atoms. The molecule has 1 N–H and O–H groups in total. The third-order valence-electron chi connectivity index (χ3n) is 3.91. The zero-order valence-electron chi connectivity index (χ0n) is 11.9. The van der Waals surface area contributed by atoms with Gasteiger partial charge < -0.3 is 10.2 Å². The van der Waals surface area contributed by atoms with Crippen LogP contribution in [0.3, 0.4) is 0 Å². The van der Waals surface area contributed by atoms with Gasteiger partial charge in [0.05, 0.1) is 11.9 Å². The third-order valence-corrected chi connectivity index (χ3v) is 3.91. The summed E-state index contributed by atoms with van der Waals surface area (Å²) in [6.07, 6.45) is 5.33. The lowest BCUT2D eigenvalue weighted by molar-refractivity contribution is 0.165. The van der Waals surface area contributed by atoms with Gasteiger partial charge in [0.15, 0.2) is 0 Å². The van der Waals surface area contributed by atoms with Crippen LogP contribution < -0.4 is 5.32 Å². The summed E-state index contributed by atoms with van der Waals surface area (Å²) in [5.74, 6) is 0.232. The number of piperidine rings is 1. The van der Waals surface area contributed by atoms with Crippen LogP contribution in [-0.4, -0.2) is 35.6 Å². The highest BCUT2D eigenvalue weighted by Gasteiger charge is 2.24. The van der Waals surface area contributed by atoms with E-state index in [4.69, 9.17) is 0 Å². The smallest absolute Gasteiger partial charge is 0.212 e. The molecule has 2 rings (SSSR count). The number of aromatic nitrogens is 1. The Labute approximate surface area is 115 Å². The van der Waals surface area contributed by atoms with Crippen LogP contribution in [0.2, 0.25) is 0 Å². The monoisotopic (exact) mass is 265 g/mol. The fourth-order valence-electron chi connectivity index (χ4n) is 2.86. The van der Waals surface area contributed by atoms with E-state index in [0.717, 1.165) is 12.2 Å². The molecular formula is C15H24FN3. The average molecular weight is 265 g/mol. The average Bonchev–Trinajstić information content (AvgIpc) is 2.42. The van der Waals surface area contributed by atoms with Gasteiger partial charge in [0.2, 0.25) is 5.95 Å². The number of anilines is 1. The number of nitrogens with one attached hydrogen (secondary N) is 1. The minimum Gasteiger partial charge on any atom is -0.381 e. The predicted molar refractivity (Wildman–Crippen MR) is 76.7 cm³/mol. The fraction of sp³-hybridized carbons (Fsp3) is 0.667. The first kappa shape index (κ1) is 14.3. The summed E-state index contributed by atoms with van der Waals surface area (Å²) in [5.41, 5.74) is 0.904. The topological polar surface area (TPSA) is 28.2 Å². The maximum Gasteiger partial charge on any atom is 0.212 e. The fourth-order valence-corrected chi connectivity index (χ4v) is 2.86. The second-order valence-corrected chi connectivity index (χ2v) is 5.51. The molecule has 19 heavy (non-hydrogen) atoms. The van der Waals surface area contributed by atoms with Gasteiger partial charge in [-0.1, -0.05) is 6.92 Å². The number of pyridine rings is 1. The van der Waals surface area contributed by atoms with Crippen molar-refractivity contribution in [2.24, 2.45) is 5.92 Å². The highest BCUT2D eigenvalue weighted by atomic mass is 19.1. The van der Waals surface area contributed by atoms with Crippen LogP contribution >= 0.6 is 0 Å². The van der Waals surface area contributed by atoms with Gasteiger partial charge in [-0.3, -0.25) is 0 Å². The number of hydrogen-bond acceptors (Lipinski definition) is 3. The van der Waals surface area contributed by atoms with Crippen molar-refractivity contribution in [1.82, 2.24) is 9.88 Å². The Balaban J connectivity index is 1.88. The summed E-state index contributed by atoms with van der Waals surface area (Å²) in [5, 5.41) is 3.45. The highest BCUT2D eigenvalue weighted by Crippen LogP contribution is 2.22. The third kappa shape index (κ3) is 4.16. The molecule has 1 aromatic heterocycles. The van der Waals surface area contributed by atoms with Crippen LogP contribution in [0.25, 0.3) is 0 Å². The van der Waals surface area contributed by atoms with E-state index < -0.39 is 5.95 Å². The van der Waals surface area contributed by atoms with Gasteiger partial charge in [-0.2, -0.15) is 4.39 Å². The van der Waals surface area contributed by atoms with Crippen LogP contribution in [0.4, 0.5) is 10.1 Å². The van der Waals surface area contributed by atoms with E-state index in [-0.39, 0.29) is 0 Å². The molecule has 2 unspecified atom stereocenters. The molecule has 0 aromatic carbocycles. The SMILES string of the molecule is CCCN1CCCC(C(C)Nc2ccc(F)nc2)C1. The van der Waals surface area contributed by atoms with Gasteiger partial charge in [-0.05, 0) is 57.3 Å². The van der Waals surface area contributed by atoms with Crippen molar-refractivity contribution in [3.05, 3.63) is 24.3 Å². The molecule has 1 aromatic rings. The maximum absolute atomic E-state index is 12.8. The van der Waals surface area contributed by atoms with Gasteiger partial charge in [0, 0.05) is 12.6 Å². The van der Waals surface area contributed by atoms with Crippen molar-refractivity contribution in [3.8, 4) is 0 Å². The number of hydrogen-bond donors (Lipinski definition) is 1. The molecule has 3 nitrogen and oxygen atoms in total. The lowest BCUT2D eigenvalue weighted by atomic mass is 9.91. The van der Waals surface area contributed by atoms with Crippen molar-refractivity contribution in [2.45, 2.75) is 39.2 Å². The highest BCUT2D eigenvalue weighted by molar-refractivity contribution is 5.40. The van der Waals surface area contributed by atoms with Crippen LogP contribution in [0.1, 0.15) is 33.1 Å². The summed E-state index contributed by atoms with van der Waals surface area (Å²) in [6.45, 7) is 8.03. The molecular weight excluding hydrogens is 241 g/mol. The van der Waals surface area contributed by atoms with Crippen molar-refractivity contribution in [1.29, 1.82) is 0 Å². The zero-order chi connectivity index (χ0) is 13.7. The number of halogens is 1. The number of nitrogens with zero attached hydrogens (tertiary/aromatic N) is 2. The van der Waals surface area contributed by atoms with Crippen molar-refractivity contribution >= 4 is 5.69 Å². The molecule has 4 heteroatoms. The lowest BCUT2D eigenvalue weighted by Gasteiger charge is -2.36. The van der Waals surface area contributed by atoms with Crippen LogP contribution in [-0.2, 0) is 0 Å². The summed E-state index contributed by atoms with van der Waals surface area (Å²) in [6, 6.07) is 3.55. The molecule has 2 atom stereocenters. The van der Waals surface area contributed by atoms with Gasteiger partial charge in [0.25, 0.3) is 0 Å². The van der Waals surface area contributed by atoms with Crippen LogP contribution in [0.15, 0.2) is 18.3 Å². The molecule has 1 aliphatic heterocycles. The van der Waals surface area contributed by atoms with Gasteiger partial charge in [0.1, 0.15) is 0 Å². The quantitative estimate of drug-likeness (QED) is 0.829. The Morgan fingerprint density at radius 3 is 3.05 bits per heavy atom. The predicted octanol–water partition coefficient (Wildman–Crippen LogP) is 3.14. The van der Waals surface area contributed by atoms with Crippen LogP contribution in [0, 0.1) is 11.9 Å².